The van der Waals surface area contributed by atoms with Gasteiger partial charge in [0.15, 0.2) is 0 Å². The van der Waals surface area contributed by atoms with Gasteiger partial charge in [0, 0.05) is 70.0 Å². The van der Waals surface area contributed by atoms with Gasteiger partial charge in [0.1, 0.15) is 18.0 Å². The molecule has 34 heavy (non-hydrogen) atoms. The smallest absolute Gasteiger partial charge is 0.409 e. The molecule has 7 heteroatoms. The molecule has 0 unspecified atom stereocenters. The van der Waals surface area contributed by atoms with Crippen LogP contribution in [-0.2, 0) is 11.3 Å². The first-order valence-electron chi connectivity index (χ1n) is 12.3. The third kappa shape index (κ3) is 5.54. The molecule has 0 atom stereocenters. The zero-order valence-corrected chi connectivity index (χ0v) is 20.0. The minimum Gasteiger partial charge on any atom is -0.460 e. The van der Waals surface area contributed by atoms with Gasteiger partial charge >= 0.3 is 6.09 Å². The van der Waals surface area contributed by atoms with Crippen LogP contribution in [0.5, 0.6) is 0 Å². The van der Waals surface area contributed by atoms with Crippen LogP contribution in [0.2, 0.25) is 0 Å². The van der Waals surface area contributed by atoms with Crippen LogP contribution in [0.25, 0.3) is 11.0 Å². The molecule has 0 N–H and O–H groups in total. The number of benzene rings is 2. The Morgan fingerprint density at radius 1 is 0.882 bits per heavy atom. The number of ether oxygens (including phenoxy) is 1. The van der Waals surface area contributed by atoms with Crippen molar-refractivity contribution in [3.63, 3.8) is 0 Å². The Labute approximate surface area is 201 Å². The molecule has 2 aliphatic heterocycles. The van der Waals surface area contributed by atoms with E-state index in [4.69, 9.17) is 9.15 Å². The van der Waals surface area contributed by atoms with Gasteiger partial charge in [-0.3, -0.25) is 9.80 Å². The van der Waals surface area contributed by atoms with E-state index in [-0.39, 0.29) is 6.09 Å². The zero-order chi connectivity index (χ0) is 23.3. The maximum Gasteiger partial charge on any atom is 0.409 e. The lowest BCUT2D eigenvalue weighted by molar-refractivity contribution is 0.0713. The highest BCUT2D eigenvalue weighted by Gasteiger charge is 2.23. The Morgan fingerprint density at radius 2 is 1.65 bits per heavy atom. The largest absolute Gasteiger partial charge is 0.460 e. The molecule has 2 saturated heterocycles. The Bertz CT molecular complexity index is 1060. The number of fused-ring (bicyclic) bond motifs is 1. The molecule has 0 saturated carbocycles. The number of carbonyl (C=O) groups excluding carboxylic acids is 1. The van der Waals surface area contributed by atoms with Crippen molar-refractivity contribution in [3.8, 4) is 0 Å². The van der Waals surface area contributed by atoms with Crippen molar-refractivity contribution in [1.82, 2.24) is 14.7 Å². The number of piperazine rings is 2. The Morgan fingerprint density at radius 3 is 2.41 bits per heavy atom. The number of nitrogens with zero attached hydrogens (tertiary/aromatic N) is 4. The van der Waals surface area contributed by atoms with Crippen LogP contribution in [0, 0.1) is 6.92 Å². The third-order valence-electron chi connectivity index (χ3n) is 6.86. The predicted molar refractivity (Wildman–Crippen MR) is 134 cm³/mol. The van der Waals surface area contributed by atoms with Crippen LogP contribution in [-0.4, -0.2) is 86.3 Å². The lowest BCUT2D eigenvalue weighted by Gasteiger charge is -2.36. The monoisotopic (exact) mass is 462 g/mol. The van der Waals surface area contributed by atoms with Crippen LogP contribution < -0.4 is 4.90 Å². The lowest BCUT2D eigenvalue weighted by Crippen LogP contribution is -2.50. The molecule has 2 aliphatic rings. The van der Waals surface area contributed by atoms with Gasteiger partial charge in [0.05, 0.1) is 6.54 Å². The average molecular weight is 463 g/mol. The zero-order valence-electron chi connectivity index (χ0n) is 20.0. The maximum absolute atomic E-state index is 12.5. The molecule has 1 aromatic heterocycles. The summed E-state index contributed by atoms with van der Waals surface area (Å²) in [6, 6.07) is 18.8. The summed E-state index contributed by atoms with van der Waals surface area (Å²) in [7, 11) is 0. The highest BCUT2D eigenvalue weighted by molar-refractivity contribution is 5.77. The lowest BCUT2D eigenvalue weighted by atomic mass is 10.2. The van der Waals surface area contributed by atoms with E-state index < -0.39 is 0 Å². The highest BCUT2D eigenvalue weighted by atomic mass is 16.6. The predicted octanol–water partition coefficient (Wildman–Crippen LogP) is 3.82. The second-order valence-corrected chi connectivity index (χ2v) is 9.30. The molecular formula is C27H34N4O3. The van der Waals surface area contributed by atoms with Gasteiger partial charge in [-0.15, -0.1) is 0 Å². The number of hydrogen-bond donors (Lipinski definition) is 0. The first-order chi connectivity index (χ1) is 16.6. The minimum atomic E-state index is -0.188. The number of aryl methyl sites for hydroxylation is 1. The molecule has 3 heterocycles. The quantitative estimate of drug-likeness (QED) is 0.555. The summed E-state index contributed by atoms with van der Waals surface area (Å²) >= 11 is 0. The van der Waals surface area contributed by atoms with Gasteiger partial charge < -0.3 is 19.0 Å². The van der Waals surface area contributed by atoms with E-state index in [1.807, 2.05) is 23.1 Å². The molecule has 0 spiro atoms. The van der Waals surface area contributed by atoms with E-state index in [0.717, 1.165) is 69.1 Å². The molecule has 0 aliphatic carbocycles. The number of carbonyl (C=O) groups is 1. The van der Waals surface area contributed by atoms with Crippen LogP contribution in [0.1, 0.15) is 11.3 Å². The van der Waals surface area contributed by atoms with Gasteiger partial charge in [-0.2, -0.15) is 0 Å². The molecule has 180 valence electrons. The molecule has 2 aromatic carbocycles. The standard InChI is InChI=1S/C27H34N4O3/c1-22-5-4-7-24(19-22)30-13-15-31(16-14-30)27(32)33-18-17-28-9-11-29(12-10-28)21-25-20-23-6-2-3-8-26(23)34-25/h2-8,19-20H,9-18,21H2,1H3. The minimum absolute atomic E-state index is 0.188. The van der Waals surface area contributed by atoms with Crippen LogP contribution in [0.4, 0.5) is 10.5 Å². The van der Waals surface area contributed by atoms with Gasteiger partial charge in [0.2, 0.25) is 0 Å². The van der Waals surface area contributed by atoms with E-state index in [0.29, 0.717) is 19.7 Å². The van der Waals surface area contributed by atoms with Crippen LogP contribution >= 0.6 is 0 Å². The summed E-state index contributed by atoms with van der Waals surface area (Å²) in [6.07, 6.45) is -0.188. The van der Waals surface area contributed by atoms with Gasteiger partial charge in [-0.1, -0.05) is 30.3 Å². The van der Waals surface area contributed by atoms with Crippen molar-refractivity contribution in [2.75, 3.05) is 70.4 Å². The molecule has 1 amide bonds. The van der Waals surface area contributed by atoms with Gasteiger partial charge in [-0.05, 0) is 36.8 Å². The number of furan rings is 1. The molecule has 2 fully saturated rings. The maximum atomic E-state index is 12.5. The number of rotatable bonds is 6. The second kappa shape index (κ2) is 10.5. The van der Waals surface area contributed by atoms with Gasteiger partial charge in [-0.25, -0.2) is 4.79 Å². The average Bonchev–Trinajstić information content (AvgIpc) is 3.27. The Hall–Kier alpha value is -3.03. The third-order valence-corrected chi connectivity index (χ3v) is 6.86. The summed E-state index contributed by atoms with van der Waals surface area (Å²) in [5.74, 6) is 1.02. The first kappa shape index (κ1) is 22.7. The fourth-order valence-corrected chi connectivity index (χ4v) is 4.83. The van der Waals surface area contributed by atoms with Crippen molar-refractivity contribution in [3.05, 3.63) is 65.9 Å². The highest BCUT2D eigenvalue weighted by Crippen LogP contribution is 2.21. The van der Waals surface area contributed by atoms with Crippen molar-refractivity contribution in [2.24, 2.45) is 0 Å². The molecule has 5 rings (SSSR count). The summed E-state index contributed by atoms with van der Waals surface area (Å²) in [6.45, 7) is 11.2. The fourth-order valence-electron chi connectivity index (χ4n) is 4.83. The number of anilines is 1. The second-order valence-electron chi connectivity index (χ2n) is 9.30. The van der Waals surface area contributed by atoms with E-state index in [1.54, 1.807) is 0 Å². The van der Waals surface area contributed by atoms with Crippen molar-refractivity contribution < 1.29 is 13.9 Å². The number of amides is 1. The van der Waals surface area contributed by atoms with Crippen LogP contribution in [0.15, 0.2) is 59.0 Å². The topological polar surface area (TPSA) is 52.4 Å². The van der Waals surface area contributed by atoms with E-state index >= 15 is 0 Å². The normalized spacial score (nSPS) is 17.9. The van der Waals surface area contributed by atoms with Crippen molar-refractivity contribution >= 4 is 22.7 Å². The fraction of sp³-hybridized carbons (Fsp3) is 0.444. The molecule has 3 aromatic rings. The van der Waals surface area contributed by atoms with Crippen molar-refractivity contribution in [2.45, 2.75) is 13.5 Å². The van der Waals surface area contributed by atoms with Gasteiger partial charge in [0.25, 0.3) is 0 Å². The summed E-state index contributed by atoms with van der Waals surface area (Å²) in [5, 5.41) is 1.16. The SMILES string of the molecule is Cc1cccc(N2CCN(C(=O)OCCN3CCN(Cc4cc5ccccc5o4)CC3)CC2)c1. The van der Waals surface area contributed by atoms with E-state index in [9.17, 15) is 4.79 Å². The summed E-state index contributed by atoms with van der Waals surface area (Å²) in [4.78, 5) is 21.5. The first-order valence-corrected chi connectivity index (χ1v) is 12.3. The van der Waals surface area contributed by atoms with Crippen molar-refractivity contribution in [1.29, 1.82) is 0 Å². The number of para-hydroxylation sites is 1. The number of hydrogen-bond acceptors (Lipinski definition) is 6. The molecule has 7 nitrogen and oxygen atoms in total. The summed E-state index contributed by atoms with van der Waals surface area (Å²) < 4.78 is 11.6. The Kier molecular flexibility index (Phi) is 7.02. The van der Waals surface area contributed by atoms with Crippen LogP contribution in [0.3, 0.4) is 0 Å². The summed E-state index contributed by atoms with van der Waals surface area (Å²) in [5.41, 5.74) is 3.44. The molecule has 0 radical (unpaired) electrons. The Balaban J connectivity index is 0.990. The van der Waals surface area contributed by atoms with E-state index in [2.05, 4.69) is 58.0 Å². The van der Waals surface area contributed by atoms with E-state index in [1.165, 1.54) is 11.3 Å². The molecular weight excluding hydrogens is 428 g/mol. The molecule has 0 bridgehead atoms.